The number of likely N-dealkylation sites (N-methyl/N-ethyl adjacent to an activating group) is 1. The predicted molar refractivity (Wildman–Crippen MR) is 69.6 cm³/mol. The highest BCUT2D eigenvalue weighted by atomic mass is 15.2. The fourth-order valence-corrected chi connectivity index (χ4v) is 2.51. The molecule has 4 heteroatoms. The summed E-state index contributed by atoms with van der Waals surface area (Å²) in [6, 6.07) is 0.680. The van der Waals surface area contributed by atoms with Gasteiger partial charge in [0, 0.05) is 25.0 Å². The lowest BCUT2D eigenvalue weighted by molar-refractivity contribution is 0.277. The standard InChI is InChI=1S/C13H24N4/c1-10(2)12(14)13-15-6-8-17(13)9-11-5-4-7-16(11)3/h6,8,10-12H,4-5,7,9,14H2,1-3H3/t11?,12-/m0/s1. The average Bonchev–Trinajstić information content (AvgIpc) is 2.88. The van der Waals surface area contributed by atoms with Crippen molar-refractivity contribution in [3.63, 3.8) is 0 Å². The number of rotatable bonds is 4. The molecule has 4 nitrogen and oxygen atoms in total. The highest BCUT2D eigenvalue weighted by Crippen LogP contribution is 2.21. The topological polar surface area (TPSA) is 47.1 Å². The van der Waals surface area contributed by atoms with Gasteiger partial charge in [0.1, 0.15) is 5.82 Å². The Kier molecular flexibility index (Phi) is 3.84. The minimum atomic E-state index is 0.0386. The molecule has 2 rings (SSSR count). The van der Waals surface area contributed by atoms with E-state index in [4.69, 9.17) is 5.73 Å². The summed E-state index contributed by atoms with van der Waals surface area (Å²) in [4.78, 5) is 6.86. The molecule has 0 bridgehead atoms. The molecule has 2 heterocycles. The summed E-state index contributed by atoms with van der Waals surface area (Å²) in [6.07, 6.45) is 6.52. The van der Waals surface area contributed by atoms with E-state index in [0.717, 1.165) is 12.4 Å². The zero-order valence-corrected chi connectivity index (χ0v) is 11.1. The first kappa shape index (κ1) is 12.6. The van der Waals surface area contributed by atoms with Crippen LogP contribution in [0.2, 0.25) is 0 Å². The molecule has 1 fully saturated rings. The Morgan fingerprint density at radius 3 is 2.88 bits per heavy atom. The third-order valence-electron chi connectivity index (χ3n) is 3.84. The molecule has 17 heavy (non-hydrogen) atoms. The maximum absolute atomic E-state index is 6.20. The Morgan fingerprint density at radius 2 is 2.29 bits per heavy atom. The zero-order valence-electron chi connectivity index (χ0n) is 11.1. The Labute approximate surface area is 104 Å². The quantitative estimate of drug-likeness (QED) is 0.864. The van der Waals surface area contributed by atoms with Crippen LogP contribution in [0.4, 0.5) is 0 Å². The summed E-state index contributed by atoms with van der Waals surface area (Å²) < 4.78 is 2.23. The largest absolute Gasteiger partial charge is 0.332 e. The molecule has 1 aliphatic heterocycles. The molecular formula is C13H24N4. The monoisotopic (exact) mass is 236 g/mol. The van der Waals surface area contributed by atoms with Crippen LogP contribution in [-0.2, 0) is 6.54 Å². The molecule has 96 valence electrons. The molecule has 2 atom stereocenters. The lowest BCUT2D eigenvalue weighted by Gasteiger charge is -2.23. The first-order valence-electron chi connectivity index (χ1n) is 6.56. The normalized spacial score (nSPS) is 23.5. The second kappa shape index (κ2) is 5.19. The molecule has 1 unspecified atom stereocenters. The van der Waals surface area contributed by atoms with Crippen LogP contribution >= 0.6 is 0 Å². The minimum Gasteiger partial charge on any atom is -0.332 e. The van der Waals surface area contributed by atoms with Crippen molar-refractivity contribution in [1.29, 1.82) is 0 Å². The van der Waals surface area contributed by atoms with Crippen LogP contribution in [0.15, 0.2) is 12.4 Å². The van der Waals surface area contributed by atoms with Crippen molar-refractivity contribution in [3.8, 4) is 0 Å². The van der Waals surface area contributed by atoms with Gasteiger partial charge in [0.2, 0.25) is 0 Å². The third kappa shape index (κ3) is 2.69. The lowest BCUT2D eigenvalue weighted by Crippen LogP contribution is -2.31. The first-order chi connectivity index (χ1) is 8.09. The molecule has 0 spiro atoms. The van der Waals surface area contributed by atoms with Gasteiger partial charge in [0.05, 0.1) is 6.04 Å². The van der Waals surface area contributed by atoms with Crippen molar-refractivity contribution >= 4 is 0 Å². The van der Waals surface area contributed by atoms with Gasteiger partial charge in [-0.1, -0.05) is 13.8 Å². The Balaban J connectivity index is 2.08. The number of likely N-dealkylation sites (tertiary alicyclic amines) is 1. The second-order valence-corrected chi connectivity index (χ2v) is 5.48. The fourth-order valence-electron chi connectivity index (χ4n) is 2.51. The summed E-state index contributed by atoms with van der Waals surface area (Å²) in [7, 11) is 2.21. The van der Waals surface area contributed by atoms with Crippen LogP contribution in [0, 0.1) is 5.92 Å². The summed E-state index contributed by atoms with van der Waals surface area (Å²) >= 11 is 0. The van der Waals surface area contributed by atoms with Crippen molar-refractivity contribution in [3.05, 3.63) is 18.2 Å². The van der Waals surface area contributed by atoms with E-state index in [1.165, 1.54) is 19.4 Å². The Morgan fingerprint density at radius 1 is 1.53 bits per heavy atom. The molecule has 1 aromatic heterocycles. The van der Waals surface area contributed by atoms with Crippen molar-refractivity contribution in [1.82, 2.24) is 14.5 Å². The van der Waals surface area contributed by atoms with Crippen LogP contribution in [0.3, 0.4) is 0 Å². The van der Waals surface area contributed by atoms with E-state index < -0.39 is 0 Å². The van der Waals surface area contributed by atoms with Crippen LogP contribution in [-0.4, -0.2) is 34.1 Å². The maximum Gasteiger partial charge on any atom is 0.125 e. The van der Waals surface area contributed by atoms with Crippen LogP contribution in [0.5, 0.6) is 0 Å². The first-order valence-corrected chi connectivity index (χ1v) is 6.56. The van der Waals surface area contributed by atoms with Gasteiger partial charge in [-0.25, -0.2) is 4.98 Å². The predicted octanol–water partition coefficient (Wildman–Crippen LogP) is 1.63. The highest BCUT2D eigenvalue weighted by molar-refractivity contribution is 5.00. The van der Waals surface area contributed by atoms with E-state index >= 15 is 0 Å². The van der Waals surface area contributed by atoms with Gasteiger partial charge in [0.15, 0.2) is 0 Å². The minimum absolute atomic E-state index is 0.0386. The van der Waals surface area contributed by atoms with E-state index in [1.54, 1.807) is 0 Å². The van der Waals surface area contributed by atoms with Crippen molar-refractivity contribution in [2.45, 2.75) is 45.3 Å². The molecular weight excluding hydrogens is 212 g/mol. The van der Waals surface area contributed by atoms with Gasteiger partial charge < -0.3 is 15.2 Å². The van der Waals surface area contributed by atoms with E-state index in [9.17, 15) is 0 Å². The SMILES string of the molecule is CC(C)[C@H](N)c1nccn1CC1CCCN1C. The van der Waals surface area contributed by atoms with Crippen LogP contribution in [0.1, 0.15) is 38.6 Å². The van der Waals surface area contributed by atoms with E-state index in [0.29, 0.717) is 12.0 Å². The van der Waals surface area contributed by atoms with Crippen molar-refractivity contribution < 1.29 is 0 Å². The summed E-state index contributed by atoms with van der Waals surface area (Å²) in [5, 5.41) is 0. The second-order valence-electron chi connectivity index (χ2n) is 5.48. The maximum atomic E-state index is 6.20. The van der Waals surface area contributed by atoms with E-state index in [2.05, 4.69) is 41.5 Å². The molecule has 1 saturated heterocycles. The summed E-state index contributed by atoms with van der Waals surface area (Å²) in [6.45, 7) is 6.52. The van der Waals surface area contributed by atoms with Crippen molar-refractivity contribution in [2.24, 2.45) is 11.7 Å². The molecule has 1 aromatic rings. The van der Waals surface area contributed by atoms with Gasteiger partial charge in [-0.3, -0.25) is 0 Å². The summed E-state index contributed by atoms with van der Waals surface area (Å²) in [5.74, 6) is 1.46. The number of imidazole rings is 1. The summed E-state index contributed by atoms with van der Waals surface area (Å²) in [5.41, 5.74) is 6.20. The molecule has 0 aliphatic carbocycles. The van der Waals surface area contributed by atoms with Gasteiger partial charge in [-0.2, -0.15) is 0 Å². The van der Waals surface area contributed by atoms with E-state index in [1.807, 2.05) is 6.20 Å². The van der Waals surface area contributed by atoms with Gasteiger partial charge in [-0.15, -0.1) is 0 Å². The number of hydrogen-bond donors (Lipinski definition) is 1. The van der Waals surface area contributed by atoms with E-state index in [-0.39, 0.29) is 6.04 Å². The molecule has 0 amide bonds. The number of hydrogen-bond acceptors (Lipinski definition) is 3. The smallest absolute Gasteiger partial charge is 0.125 e. The molecule has 0 aromatic carbocycles. The van der Waals surface area contributed by atoms with Gasteiger partial charge in [-0.05, 0) is 32.4 Å². The molecule has 2 N–H and O–H groups in total. The van der Waals surface area contributed by atoms with Crippen LogP contribution in [0.25, 0.3) is 0 Å². The highest BCUT2D eigenvalue weighted by Gasteiger charge is 2.23. The lowest BCUT2D eigenvalue weighted by atomic mass is 10.0. The van der Waals surface area contributed by atoms with Gasteiger partial charge in [0.25, 0.3) is 0 Å². The molecule has 1 aliphatic rings. The molecule has 0 radical (unpaired) electrons. The molecule has 0 saturated carbocycles. The number of aromatic nitrogens is 2. The van der Waals surface area contributed by atoms with Crippen LogP contribution < -0.4 is 5.73 Å². The number of nitrogens with two attached hydrogens (primary N) is 1. The number of nitrogens with zero attached hydrogens (tertiary/aromatic N) is 3. The van der Waals surface area contributed by atoms with Gasteiger partial charge >= 0.3 is 0 Å². The fraction of sp³-hybridized carbons (Fsp3) is 0.769. The zero-order chi connectivity index (χ0) is 12.4. The third-order valence-corrected chi connectivity index (χ3v) is 3.84. The average molecular weight is 236 g/mol. The van der Waals surface area contributed by atoms with Crippen molar-refractivity contribution in [2.75, 3.05) is 13.6 Å². The Bertz CT molecular complexity index is 358. The Hall–Kier alpha value is -0.870.